The van der Waals surface area contributed by atoms with Crippen molar-refractivity contribution in [2.45, 2.75) is 9.79 Å². The van der Waals surface area contributed by atoms with E-state index in [4.69, 9.17) is 23.2 Å². The van der Waals surface area contributed by atoms with Gasteiger partial charge in [-0.1, -0.05) is 59.6 Å². The summed E-state index contributed by atoms with van der Waals surface area (Å²) in [5.74, 6) is 0. The first-order chi connectivity index (χ1) is 16.9. The maximum Gasteiger partial charge on any atom is 0.206 e. The molecule has 2 N–H and O–H groups in total. The van der Waals surface area contributed by atoms with E-state index in [0.29, 0.717) is 21.4 Å². The van der Waals surface area contributed by atoms with Gasteiger partial charge >= 0.3 is 0 Å². The molecule has 9 heteroatoms. The zero-order valence-electron chi connectivity index (χ0n) is 18.3. The number of rotatable bonds is 8. The highest BCUT2D eigenvalue weighted by Gasteiger charge is 2.17. The van der Waals surface area contributed by atoms with Crippen molar-refractivity contribution < 1.29 is 8.42 Å². The van der Waals surface area contributed by atoms with Crippen molar-refractivity contribution in [2.24, 2.45) is 10.2 Å². The third kappa shape index (κ3) is 6.27. The van der Waals surface area contributed by atoms with Crippen molar-refractivity contribution in [2.75, 3.05) is 10.9 Å². The Morgan fingerprint density at radius 1 is 0.571 bits per heavy atom. The molecule has 6 nitrogen and oxygen atoms in total. The van der Waals surface area contributed by atoms with Gasteiger partial charge in [0.15, 0.2) is 0 Å². The smallest absolute Gasteiger partial charge is 0.206 e. The van der Waals surface area contributed by atoms with E-state index in [1.54, 1.807) is 48.8 Å². The van der Waals surface area contributed by atoms with Crippen LogP contribution in [-0.2, 0) is 9.84 Å². The first-order valence-electron chi connectivity index (χ1n) is 10.5. The van der Waals surface area contributed by atoms with Crippen LogP contribution in [0.25, 0.3) is 0 Å². The van der Waals surface area contributed by atoms with E-state index in [0.717, 1.165) is 11.1 Å². The molecule has 0 bridgehead atoms. The second-order valence-corrected chi connectivity index (χ2v) is 10.1. The first kappa shape index (κ1) is 24.5. The van der Waals surface area contributed by atoms with Gasteiger partial charge in [0.05, 0.1) is 33.6 Å². The van der Waals surface area contributed by atoms with Gasteiger partial charge in [0.1, 0.15) is 0 Å². The normalized spacial score (nSPS) is 11.7. The van der Waals surface area contributed by atoms with Crippen LogP contribution in [0.2, 0.25) is 10.0 Å². The maximum absolute atomic E-state index is 13.0. The predicted molar refractivity (Wildman–Crippen MR) is 144 cm³/mol. The van der Waals surface area contributed by atoms with Crippen molar-refractivity contribution in [1.82, 2.24) is 0 Å². The summed E-state index contributed by atoms with van der Waals surface area (Å²) in [6.07, 6.45) is 3.20. The zero-order valence-corrected chi connectivity index (χ0v) is 20.6. The van der Waals surface area contributed by atoms with Crippen LogP contribution in [0.15, 0.2) is 117 Å². The average Bonchev–Trinajstić information content (AvgIpc) is 2.87. The van der Waals surface area contributed by atoms with E-state index in [2.05, 4.69) is 21.1 Å². The van der Waals surface area contributed by atoms with E-state index in [1.165, 1.54) is 24.3 Å². The highest BCUT2D eigenvalue weighted by Crippen LogP contribution is 2.24. The maximum atomic E-state index is 13.0. The van der Waals surface area contributed by atoms with E-state index >= 15 is 0 Å². The van der Waals surface area contributed by atoms with Gasteiger partial charge in [-0.05, 0) is 60.7 Å². The van der Waals surface area contributed by atoms with Crippen LogP contribution < -0.4 is 10.9 Å². The standard InChI is InChI=1S/C26H20Cl2N4O2S/c27-25-7-3-1-5-19(25)17-29-31-21-9-13-23(14-10-21)35(33,34)24-15-11-22(12-16-24)32-30-18-20-6-2-4-8-26(20)28/h1-18,31-32H. The van der Waals surface area contributed by atoms with Gasteiger partial charge in [0.25, 0.3) is 0 Å². The van der Waals surface area contributed by atoms with Crippen molar-refractivity contribution in [3.63, 3.8) is 0 Å². The van der Waals surface area contributed by atoms with Gasteiger partial charge in [-0.3, -0.25) is 10.9 Å². The first-order valence-corrected chi connectivity index (χ1v) is 12.7. The Morgan fingerprint density at radius 3 is 1.31 bits per heavy atom. The van der Waals surface area contributed by atoms with Gasteiger partial charge < -0.3 is 0 Å². The lowest BCUT2D eigenvalue weighted by molar-refractivity contribution is 0.596. The van der Waals surface area contributed by atoms with Crippen molar-refractivity contribution in [3.8, 4) is 0 Å². The molecule has 0 aliphatic heterocycles. The van der Waals surface area contributed by atoms with Gasteiger partial charge in [-0.15, -0.1) is 0 Å². The van der Waals surface area contributed by atoms with Crippen LogP contribution >= 0.6 is 23.2 Å². The molecule has 0 amide bonds. The lowest BCUT2D eigenvalue weighted by atomic mass is 10.2. The molecule has 4 rings (SSSR count). The monoisotopic (exact) mass is 522 g/mol. The molecule has 0 aromatic heterocycles. The fourth-order valence-electron chi connectivity index (χ4n) is 3.07. The fourth-order valence-corrected chi connectivity index (χ4v) is 4.70. The summed E-state index contributed by atoms with van der Waals surface area (Å²) in [5, 5.41) is 9.47. The predicted octanol–water partition coefficient (Wildman–Crippen LogP) is 6.72. The minimum absolute atomic E-state index is 0.176. The number of nitrogens with one attached hydrogen (secondary N) is 2. The van der Waals surface area contributed by atoms with E-state index in [9.17, 15) is 8.42 Å². The summed E-state index contributed by atoms with van der Waals surface area (Å²) in [7, 11) is -3.68. The molecule has 0 radical (unpaired) electrons. The summed E-state index contributed by atoms with van der Waals surface area (Å²) in [6, 6.07) is 27.4. The molecule has 0 aliphatic rings. The number of anilines is 2. The van der Waals surface area contributed by atoms with Crippen LogP contribution in [0.4, 0.5) is 11.4 Å². The Kier molecular flexibility index (Phi) is 7.82. The van der Waals surface area contributed by atoms with Gasteiger partial charge in [0.2, 0.25) is 9.84 Å². The van der Waals surface area contributed by atoms with Crippen LogP contribution in [-0.4, -0.2) is 20.8 Å². The van der Waals surface area contributed by atoms with Crippen LogP contribution in [0.1, 0.15) is 11.1 Å². The lowest BCUT2D eigenvalue weighted by Gasteiger charge is -2.07. The molecule has 0 atom stereocenters. The molecular weight excluding hydrogens is 503 g/mol. The Bertz CT molecular complexity index is 1360. The molecule has 0 fully saturated rings. The van der Waals surface area contributed by atoms with Gasteiger partial charge in [0, 0.05) is 21.2 Å². The topological polar surface area (TPSA) is 82.9 Å². The van der Waals surface area contributed by atoms with Gasteiger partial charge in [-0.2, -0.15) is 10.2 Å². The number of nitrogens with zero attached hydrogens (tertiary/aromatic N) is 2. The molecule has 35 heavy (non-hydrogen) atoms. The number of hydrazone groups is 2. The average molecular weight is 523 g/mol. The summed E-state index contributed by atoms with van der Waals surface area (Å²) < 4.78 is 26.0. The van der Waals surface area contributed by atoms with Gasteiger partial charge in [-0.25, -0.2) is 8.42 Å². The van der Waals surface area contributed by atoms with Crippen molar-refractivity contribution >= 4 is 56.8 Å². The van der Waals surface area contributed by atoms with E-state index < -0.39 is 9.84 Å². The largest absolute Gasteiger partial charge is 0.279 e. The SMILES string of the molecule is O=S(=O)(c1ccc(NN=Cc2ccccc2Cl)cc1)c1ccc(NN=Cc2ccccc2Cl)cc1. The second kappa shape index (κ2) is 11.2. The fraction of sp³-hybridized carbons (Fsp3) is 0. The van der Waals surface area contributed by atoms with E-state index in [-0.39, 0.29) is 9.79 Å². The summed E-state index contributed by atoms with van der Waals surface area (Å²) >= 11 is 12.2. The molecule has 0 saturated heterocycles. The van der Waals surface area contributed by atoms with Crippen molar-refractivity contribution in [1.29, 1.82) is 0 Å². The van der Waals surface area contributed by atoms with Crippen molar-refractivity contribution in [3.05, 3.63) is 118 Å². The minimum Gasteiger partial charge on any atom is -0.279 e. The number of sulfone groups is 1. The number of benzene rings is 4. The highest BCUT2D eigenvalue weighted by molar-refractivity contribution is 7.91. The third-order valence-corrected chi connectivity index (χ3v) is 7.41. The Morgan fingerprint density at radius 2 is 0.943 bits per heavy atom. The Hall–Kier alpha value is -3.65. The molecule has 0 aliphatic carbocycles. The van der Waals surface area contributed by atoms with Crippen LogP contribution in [0.5, 0.6) is 0 Å². The molecule has 176 valence electrons. The minimum atomic E-state index is -3.68. The highest BCUT2D eigenvalue weighted by atomic mass is 35.5. The van der Waals surface area contributed by atoms with E-state index in [1.807, 2.05) is 36.4 Å². The van der Waals surface area contributed by atoms with Crippen LogP contribution in [0.3, 0.4) is 0 Å². The molecule has 0 spiro atoms. The molecular formula is C26H20Cl2N4O2S. The Balaban J connectivity index is 1.39. The quantitative estimate of drug-likeness (QED) is 0.199. The molecule has 0 saturated carbocycles. The number of halogens is 2. The summed E-state index contributed by atoms with van der Waals surface area (Å²) in [6.45, 7) is 0. The number of hydrogen-bond acceptors (Lipinski definition) is 6. The summed E-state index contributed by atoms with van der Waals surface area (Å²) in [5.41, 5.74) is 8.56. The second-order valence-electron chi connectivity index (χ2n) is 7.34. The third-order valence-electron chi connectivity index (χ3n) is 4.93. The zero-order chi connectivity index (χ0) is 24.7. The summed E-state index contributed by atoms with van der Waals surface area (Å²) in [4.78, 5) is 0.353. The molecule has 0 unspecified atom stereocenters. The lowest BCUT2D eigenvalue weighted by Crippen LogP contribution is -2.02. The van der Waals surface area contributed by atoms with Crippen LogP contribution in [0, 0.1) is 0 Å². The number of hydrogen-bond donors (Lipinski definition) is 2. The molecule has 4 aromatic rings. The molecule has 0 heterocycles. The Labute approximate surface area is 213 Å². The molecule has 4 aromatic carbocycles.